The Hall–Kier alpha value is -1.85. The Balaban J connectivity index is 2.03. The molecule has 6 heteroatoms. The van der Waals surface area contributed by atoms with E-state index < -0.39 is 0 Å². The third-order valence-electron chi connectivity index (χ3n) is 3.73. The van der Waals surface area contributed by atoms with Crippen molar-refractivity contribution in [1.82, 2.24) is 15.3 Å². The molecule has 0 atom stereocenters. The molecule has 1 saturated carbocycles. The lowest BCUT2D eigenvalue weighted by Crippen LogP contribution is -2.54. The molecule has 0 saturated heterocycles. The molecule has 2 amide bonds. The quantitative estimate of drug-likeness (QED) is 0.871. The Morgan fingerprint density at radius 2 is 2.21 bits per heavy atom. The second-order valence-corrected chi connectivity index (χ2v) is 5.22. The maximum absolute atomic E-state index is 12.1. The van der Waals surface area contributed by atoms with Crippen molar-refractivity contribution in [2.45, 2.75) is 38.1 Å². The number of carbonyl (C=O) groups excluding carboxylic acids is 1. The van der Waals surface area contributed by atoms with Gasteiger partial charge in [0, 0.05) is 19.6 Å². The van der Waals surface area contributed by atoms with Crippen molar-refractivity contribution in [3.8, 4) is 0 Å². The molecule has 0 radical (unpaired) electrons. The smallest absolute Gasteiger partial charge is 0.319 e. The summed E-state index contributed by atoms with van der Waals surface area (Å²) in [5.74, 6) is 0.698. The minimum atomic E-state index is -0.181. The molecule has 6 nitrogen and oxygen atoms in total. The summed E-state index contributed by atoms with van der Waals surface area (Å²) in [7, 11) is 3.76. The number of anilines is 2. The molecule has 19 heavy (non-hydrogen) atoms. The maximum Gasteiger partial charge on any atom is 0.319 e. The number of amides is 2. The van der Waals surface area contributed by atoms with Crippen LogP contribution in [-0.2, 0) is 0 Å². The Labute approximate surface area is 113 Å². The van der Waals surface area contributed by atoms with Crippen LogP contribution in [0, 0.1) is 0 Å². The van der Waals surface area contributed by atoms with Crippen LogP contribution in [0.1, 0.15) is 32.6 Å². The van der Waals surface area contributed by atoms with Gasteiger partial charge >= 0.3 is 6.03 Å². The Kier molecular flexibility index (Phi) is 3.87. The van der Waals surface area contributed by atoms with E-state index in [1.165, 1.54) is 12.7 Å². The second-order valence-electron chi connectivity index (χ2n) is 5.22. The lowest BCUT2D eigenvalue weighted by atomic mass is 9.75. The van der Waals surface area contributed by atoms with E-state index in [1.54, 1.807) is 6.20 Å². The third kappa shape index (κ3) is 2.94. The van der Waals surface area contributed by atoms with E-state index in [9.17, 15) is 4.79 Å². The molecule has 0 aliphatic heterocycles. The van der Waals surface area contributed by atoms with E-state index in [0.717, 1.165) is 19.3 Å². The van der Waals surface area contributed by atoms with Crippen molar-refractivity contribution in [3.63, 3.8) is 0 Å². The van der Waals surface area contributed by atoms with E-state index in [0.29, 0.717) is 11.5 Å². The van der Waals surface area contributed by atoms with Gasteiger partial charge in [-0.3, -0.25) is 0 Å². The Morgan fingerprint density at radius 1 is 1.47 bits per heavy atom. The number of nitrogens with zero attached hydrogens (tertiary/aromatic N) is 3. The highest BCUT2D eigenvalue weighted by Gasteiger charge is 2.36. The van der Waals surface area contributed by atoms with Crippen LogP contribution in [0.5, 0.6) is 0 Å². The van der Waals surface area contributed by atoms with E-state index in [1.807, 2.05) is 19.0 Å². The van der Waals surface area contributed by atoms with Crippen LogP contribution in [0.15, 0.2) is 12.5 Å². The normalized spacial score (nSPS) is 16.4. The fourth-order valence-corrected chi connectivity index (χ4v) is 2.33. The molecule has 2 N–H and O–H groups in total. The van der Waals surface area contributed by atoms with Gasteiger partial charge in [0.1, 0.15) is 12.0 Å². The number of hydrogen-bond donors (Lipinski definition) is 2. The van der Waals surface area contributed by atoms with Crippen molar-refractivity contribution < 1.29 is 4.79 Å². The van der Waals surface area contributed by atoms with Crippen molar-refractivity contribution >= 4 is 17.5 Å². The summed E-state index contributed by atoms with van der Waals surface area (Å²) >= 11 is 0. The van der Waals surface area contributed by atoms with Crippen molar-refractivity contribution in [2.75, 3.05) is 24.3 Å². The first-order valence-corrected chi connectivity index (χ1v) is 6.63. The highest BCUT2D eigenvalue weighted by Crippen LogP contribution is 2.34. The molecule has 0 bridgehead atoms. The van der Waals surface area contributed by atoms with E-state index in [4.69, 9.17) is 0 Å². The summed E-state index contributed by atoms with van der Waals surface area (Å²) < 4.78 is 0. The molecule has 0 unspecified atom stereocenters. The number of hydrogen-bond acceptors (Lipinski definition) is 4. The summed E-state index contributed by atoms with van der Waals surface area (Å²) in [5, 5.41) is 5.90. The molecule has 2 rings (SSSR count). The summed E-state index contributed by atoms with van der Waals surface area (Å²) in [6.07, 6.45) is 7.35. The lowest BCUT2D eigenvalue weighted by Gasteiger charge is -2.41. The zero-order chi connectivity index (χ0) is 13.9. The van der Waals surface area contributed by atoms with Crippen LogP contribution in [0.25, 0.3) is 0 Å². The van der Waals surface area contributed by atoms with Crippen LogP contribution in [0.2, 0.25) is 0 Å². The van der Waals surface area contributed by atoms with Crippen LogP contribution in [0.3, 0.4) is 0 Å². The van der Waals surface area contributed by atoms with Crippen LogP contribution < -0.4 is 15.5 Å². The predicted molar refractivity (Wildman–Crippen MR) is 75.4 cm³/mol. The SMILES string of the molecule is CCC1(NC(=O)Nc2cncnc2N(C)C)CCC1. The van der Waals surface area contributed by atoms with E-state index in [2.05, 4.69) is 27.5 Å². The molecule has 0 aromatic carbocycles. The monoisotopic (exact) mass is 263 g/mol. The zero-order valence-electron chi connectivity index (χ0n) is 11.7. The fourth-order valence-electron chi connectivity index (χ4n) is 2.33. The zero-order valence-corrected chi connectivity index (χ0v) is 11.7. The highest BCUT2D eigenvalue weighted by atomic mass is 16.2. The fraction of sp³-hybridized carbons (Fsp3) is 0.615. The van der Waals surface area contributed by atoms with Gasteiger partial charge in [-0.2, -0.15) is 0 Å². The molecular weight excluding hydrogens is 242 g/mol. The van der Waals surface area contributed by atoms with Gasteiger partial charge in [-0.05, 0) is 25.7 Å². The molecule has 104 valence electrons. The molecule has 1 heterocycles. The first kappa shape index (κ1) is 13.6. The molecule has 0 spiro atoms. The number of urea groups is 1. The molecule has 1 aliphatic carbocycles. The van der Waals surface area contributed by atoms with Gasteiger partial charge in [0.15, 0.2) is 5.82 Å². The topological polar surface area (TPSA) is 70.1 Å². The highest BCUT2D eigenvalue weighted by molar-refractivity contribution is 5.92. The van der Waals surface area contributed by atoms with Gasteiger partial charge in [-0.15, -0.1) is 0 Å². The second kappa shape index (κ2) is 5.42. The van der Waals surface area contributed by atoms with Gasteiger partial charge in [-0.25, -0.2) is 14.8 Å². The van der Waals surface area contributed by atoms with Crippen molar-refractivity contribution in [1.29, 1.82) is 0 Å². The van der Waals surface area contributed by atoms with Crippen molar-refractivity contribution in [2.24, 2.45) is 0 Å². The standard InChI is InChI=1S/C13H21N5O/c1-4-13(6-5-7-13)17-12(19)16-10-8-14-9-15-11(10)18(2)3/h8-9H,4-7H2,1-3H3,(H2,16,17,19). The Bertz CT molecular complexity index is 451. The van der Waals surface area contributed by atoms with Crippen molar-refractivity contribution in [3.05, 3.63) is 12.5 Å². The number of carbonyl (C=O) groups is 1. The first-order chi connectivity index (χ1) is 9.06. The van der Waals surface area contributed by atoms with E-state index >= 15 is 0 Å². The molecular formula is C13H21N5O. The number of nitrogens with one attached hydrogen (secondary N) is 2. The third-order valence-corrected chi connectivity index (χ3v) is 3.73. The minimum Gasteiger partial charge on any atom is -0.361 e. The average molecular weight is 263 g/mol. The summed E-state index contributed by atoms with van der Waals surface area (Å²) in [6, 6.07) is -0.181. The molecule has 1 aromatic heterocycles. The van der Waals surface area contributed by atoms with Crippen LogP contribution in [0.4, 0.5) is 16.3 Å². The van der Waals surface area contributed by atoms with Gasteiger partial charge in [0.25, 0.3) is 0 Å². The predicted octanol–water partition coefficient (Wildman–Crippen LogP) is 2.00. The maximum atomic E-state index is 12.1. The summed E-state index contributed by atoms with van der Waals surface area (Å²) in [5.41, 5.74) is 0.605. The van der Waals surface area contributed by atoms with Gasteiger partial charge in [0.2, 0.25) is 0 Å². The lowest BCUT2D eigenvalue weighted by molar-refractivity contribution is 0.179. The van der Waals surface area contributed by atoms with Crippen LogP contribution >= 0.6 is 0 Å². The molecule has 1 fully saturated rings. The number of aromatic nitrogens is 2. The van der Waals surface area contributed by atoms with E-state index in [-0.39, 0.29) is 11.6 Å². The number of rotatable bonds is 4. The first-order valence-electron chi connectivity index (χ1n) is 6.63. The summed E-state index contributed by atoms with van der Waals surface area (Å²) in [4.78, 5) is 22.0. The molecule has 1 aliphatic rings. The van der Waals surface area contributed by atoms with Gasteiger partial charge < -0.3 is 15.5 Å². The largest absolute Gasteiger partial charge is 0.361 e. The average Bonchev–Trinajstić information content (AvgIpc) is 2.34. The minimum absolute atomic E-state index is 0.0159. The summed E-state index contributed by atoms with van der Waals surface area (Å²) in [6.45, 7) is 2.11. The van der Waals surface area contributed by atoms with Gasteiger partial charge in [0.05, 0.1) is 6.20 Å². The Morgan fingerprint density at radius 3 is 2.74 bits per heavy atom. The molecule has 1 aromatic rings. The van der Waals surface area contributed by atoms with Gasteiger partial charge in [-0.1, -0.05) is 6.92 Å². The van der Waals surface area contributed by atoms with Crippen LogP contribution in [-0.4, -0.2) is 35.6 Å².